The molecule has 0 spiro atoms. The Morgan fingerprint density at radius 2 is 1.95 bits per heavy atom. The highest BCUT2D eigenvalue weighted by molar-refractivity contribution is 9.10. The van der Waals surface area contributed by atoms with Crippen molar-refractivity contribution in [3.05, 3.63) is 33.8 Å². The molecule has 2 nitrogen and oxygen atoms in total. The fourth-order valence-electron chi connectivity index (χ4n) is 2.04. The third-order valence-corrected chi connectivity index (χ3v) is 3.73. The molecule has 1 rings (SSSR count). The van der Waals surface area contributed by atoms with Crippen molar-refractivity contribution in [1.82, 2.24) is 5.32 Å². The van der Waals surface area contributed by atoms with Crippen LogP contribution in [-0.2, 0) is 0 Å². The van der Waals surface area contributed by atoms with Gasteiger partial charge in [0.2, 0.25) is 0 Å². The average Bonchev–Trinajstić information content (AvgIpc) is 2.31. The highest BCUT2D eigenvalue weighted by Crippen LogP contribution is 2.16. The van der Waals surface area contributed by atoms with Gasteiger partial charge in [-0.15, -0.1) is 0 Å². The summed E-state index contributed by atoms with van der Waals surface area (Å²) in [6.07, 6.45) is 3.42. The van der Waals surface area contributed by atoms with Crippen molar-refractivity contribution in [1.29, 1.82) is 0 Å². The van der Waals surface area contributed by atoms with Crippen molar-refractivity contribution in [3.8, 4) is 0 Å². The summed E-state index contributed by atoms with van der Waals surface area (Å²) < 4.78 is 0.940. The van der Waals surface area contributed by atoms with Crippen LogP contribution >= 0.6 is 15.9 Å². The molecule has 1 atom stereocenters. The van der Waals surface area contributed by atoms with Crippen LogP contribution in [0.4, 0.5) is 0 Å². The van der Waals surface area contributed by atoms with E-state index < -0.39 is 0 Å². The summed E-state index contributed by atoms with van der Waals surface area (Å²) >= 11 is 3.41. The largest absolute Gasteiger partial charge is 0.350 e. The maximum atomic E-state index is 12.2. The molecule has 106 valence electrons. The molecule has 0 aliphatic heterocycles. The Hall–Kier alpha value is -0.830. The number of hydrogen-bond donors (Lipinski definition) is 1. The van der Waals surface area contributed by atoms with Gasteiger partial charge in [0.25, 0.3) is 5.91 Å². The standard InChI is InChI=1S/C16H24BrNO/c1-11(2)6-5-7-13(4)18-16(19)15-10-14(17)9-8-12(15)3/h8-11,13H,5-7H2,1-4H3,(H,18,19). The number of carbonyl (C=O) groups is 1. The first kappa shape index (κ1) is 16.2. The van der Waals surface area contributed by atoms with E-state index in [0.717, 1.165) is 34.4 Å². The number of carbonyl (C=O) groups excluding carboxylic acids is 1. The lowest BCUT2D eigenvalue weighted by atomic mass is 10.0. The number of benzene rings is 1. The Bertz CT molecular complexity index is 429. The van der Waals surface area contributed by atoms with Crippen LogP contribution in [0.1, 0.15) is 56.0 Å². The van der Waals surface area contributed by atoms with Crippen molar-refractivity contribution in [2.24, 2.45) is 5.92 Å². The summed E-state index contributed by atoms with van der Waals surface area (Å²) in [5.74, 6) is 0.756. The maximum absolute atomic E-state index is 12.2. The quantitative estimate of drug-likeness (QED) is 0.806. The highest BCUT2D eigenvalue weighted by Gasteiger charge is 2.12. The first-order valence-electron chi connectivity index (χ1n) is 6.97. The molecule has 1 aromatic rings. The smallest absolute Gasteiger partial charge is 0.251 e. The molecular formula is C16H24BrNO. The zero-order valence-electron chi connectivity index (χ0n) is 12.3. The number of rotatable bonds is 6. The predicted octanol–water partition coefficient (Wildman–Crippen LogP) is 4.70. The topological polar surface area (TPSA) is 29.1 Å². The first-order valence-corrected chi connectivity index (χ1v) is 7.76. The van der Waals surface area contributed by atoms with E-state index in [-0.39, 0.29) is 11.9 Å². The summed E-state index contributed by atoms with van der Waals surface area (Å²) in [5, 5.41) is 3.08. The van der Waals surface area contributed by atoms with Gasteiger partial charge in [0.05, 0.1) is 0 Å². The summed E-state index contributed by atoms with van der Waals surface area (Å²) in [6, 6.07) is 6.02. The van der Waals surface area contributed by atoms with Gasteiger partial charge < -0.3 is 5.32 Å². The number of nitrogens with one attached hydrogen (secondary N) is 1. The first-order chi connectivity index (χ1) is 8.90. The van der Waals surface area contributed by atoms with Gasteiger partial charge in [-0.05, 0) is 43.9 Å². The number of halogens is 1. The second-order valence-electron chi connectivity index (χ2n) is 5.66. The Kier molecular flexibility index (Phi) is 6.56. The number of aryl methyl sites for hydroxylation is 1. The Balaban J connectivity index is 2.52. The molecule has 0 aliphatic carbocycles. The summed E-state index contributed by atoms with van der Waals surface area (Å²) in [5.41, 5.74) is 1.76. The van der Waals surface area contributed by atoms with E-state index in [9.17, 15) is 4.79 Å². The summed E-state index contributed by atoms with van der Waals surface area (Å²) in [6.45, 7) is 8.50. The summed E-state index contributed by atoms with van der Waals surface area (Å²) in [4.78, 5) is 12.2. The lowest BCUT2D eigenvalue weighted by molar-refractivity contribution is 0.0937. The van der Waals surface area contributed by atoms with E-state index in [1.165, 1.54) is 6.42 Å². The van der Waals surface area contributed by atoms with Gasteiger partial charge in [-0.1, -0.05) is 48.7 Å². The molecule has 1 N–H and O–H groups in total. The Morgan fingerprint density at radius 1 is 1.26 bits per heavy atom. The molecule has 0 saturated carbocycles. The van der Waals surface area contributed by atoms with Crippen molar-refractivity contribution in [2.45, 2.75) is 53.0 Å². The molecule has 0 heterocycles. The third-order valence-electron chi connectivity index (χ3n) is 3.24. The van der Waals surface area contributed by atoms with Gasteiger partial charge in [0.1, 0.15) is 0 Å². The summed E-state index contributed by atoms with van der Waals surface area (Å²) in [7, 11) is 0. The fourth-order valence-corrected chi connectivity index (χ4v) is 2.41. The lowest BCUT2D eigenvalue weighted by Gasteiger charge is -2.15. The Morgan fingerprint density at radius 3 is 2.58 bits per heavy atom. The molecule has 1 unspecified atom stereocenters. The predicted molar refractivity (Wildman–Crippen MR) is 84.5 cm³/mol. The molecule has 3 heteroatoms. The lowest BCUT2D eigenvalue weighted by Crippen LogP contribution is -2.33. The van der Waals surface area contributed by atoms with Crippen LogP contribution in [0.2, 0.25) is 0 Å². The zero-order valence-corrected chi connectivity index (χ0v) is 13.9. The van der Waals surface area contributed by atoms with Gasteiger partial charge in [-0.2, -0.15) is 0 Å². The molecule has 0 fully saturated rings. The monoisotopic (exact) mass is 325 g/mol. The molecular weight excluding hydrogens is 302 g/mol. The second kappa shape index (κ2) is 7.68. The van der Waals surface area contributed by atoms with Crippen LogP contribution < -0.4 is 5.32 Å². The van der Waals surface area contributed by atoms with E-state index in [1.807, 2.05) is 25.1 Å². The zero-order chi connectivity index (χ0) is 14.4. The molecule has 0 aliphatic rings. The highest BCUT2D eigenvalue weighted by atomic mass is 79.9. The van der Waals surface area contributed by atoms with E-state index in [1.54, 1.807) is 0 Å². The minimum Gasteiger partial charge on any atom is -0.350 e. The van der Waals surface area contributed by atoms with Crippen LogP contribution in [0.3, 0.4) is 0 Å². The molecule has 0 bridgehead atoms. The fraction of sp³-hybridized carbons (Fsp3) is 0.562. The Labute approximate surface area is 125 Å². The maximum Gasteiger partial charge on any atom is 0.251 e. The van der Waals surface area contributed by atoms with E-state index in [4.69, 9.17) is 0 Å². The third kappa shape index (κ3) is 5.77. The van der Waals surface area contributed by atoms with Crippen LogP contribution in [-0.4, -0.2) is 11.9 Å². The minimum atomic E-state index is 0.0239. The average molecular weight is 326 g/mol. The van der Waals surface area contributed by atoms with E-state index >= 15 is 0 Å². The molecule has 1 amide bonds. The normalized spacial score (nSPS) is 12.5. The van der Waals surface area contributed by atoms with Crippen molar-refractivity contribution in [2.75, 3.05) is 0 Å². The molecule has 1 aromatic carbocycles. The number of amides is 1. The van der Waals surface area contributed by atoms with Gasteiger partial charge in [0, 0.05) is 16.1 Å². The van der Waals surface area contributed by atoms with E-state index in [2.05, 4.69) is 42.0 Å². The SMILES string of the molecule is Cc1ccc(Br)cc1C(=O)NC(C)CCCC(C)C. The molecule has 19 heavy (non-hydrogen) atoms. The second-order valence-corrected chi connectivity index (χ2v) is 6.57. The van der Waals surface area contributed by atoms with Gasteiger partial charge in [-0.3, -0.25) is 4.79 Å². The van der Waals surface area contributed by atoms with Crippen LogP contribution in [0, 0.1) is 12.8 Å². The van der Waals surface area contributed by atoms with E-state index in [0.29, 0.717) is 0 Å². The van der Waals surface area contributed by atoms with Crippen molar-refractivity contribution in [3.63, 3.8) is 0 Å². The van der Waals surface area contributed by atoms with Crippen LogP contribution in [0.15, 0.2) is 22.7 Å². The van der Waals surface area contributed by atoms with Crippen LogP contribution in [0.25, 0.3) is 0 Å². The van der Waals surface area contributed by atoms with Gasteiger partial charge in [0.15, 0.2) is 0 Å². The minimum absolute atomic E-state index is 0.0239. The van der Waals surface area contributed by atoms with Crippen LogP contribution in [0.5, 0.6) is 0 Å². The molecule has 0 radical (unpaired) electrons. The van der Waals surface area contributed by atoms with Gasteiger partial charge >= 0.3 is 0 Å². The van der Waals surface area contributed by atoms with Crippen molar-refractivity contribution < 1.29 is 4.79 Å². The molecule has 0 aromatic heterocycles. The molecule has 0 saturated heterocycles. The van der Waals surface area contributed by atoms with Gasteiger partial charge in [-0.25, -0.2) is 0 Å². The number of hydrogen-bond acceptors (Lipinski definition) is 1. The van der Waals surface area contributed by atoms with Crippen molar-refractivity contribution >= 4 is 21.8 Å².